The van der Waals surface area contributed by atoms with Crippen LogP contribution in [0.15, 0.2) is 24.3 Å². The summed E-state index contributed by atoms with van der Waals surface area (Å²) >= 11 is 0. The number of ether oxygens (including phenoxy) is 2. The highest BCUT2D eigenvalue weighted by atomic mass is 16.5. The van der Waals surface area contributed by atoms with E-state index in [9.17, 15) is 4.79 Å². The summed E-state index contributed by atoms with van der Waals surface area (Å²) in [6.45, 7) is 1.63. The third kappa shape index (κ3) is 2.78. The highest BCUT2D eigenvalue weighted by Crippen LogP contribution is 2.17. The van der Waals surface area contributed by atoms with Crippen LogP contribution in [0.1, 0.15) is 6.92 Å². The smallest absolute Gasteiger partial charge is 0.314 e. The molecule has 0 N–H and O–H groups in total. The fraction of sp³-hybridized carbons (Fsp3) is 0.200. The number of benzene rings is 1. The van der Waals surface area contributed by atoms with Crippen molar-refractivity contribution < 1.29 is 14.3 Å². The predicted molar refractivity (Wildman–Crippen MR) is 48.6 cm³/mol. The first kappa shape index (κ1) is 9.58. The topological polar surface area (TPSA) is 35.5 Å². The summed E-state index contributed by atoms with van der Waals surface area (Å²) in [6, 6.07) is 6.83. The van der Waals surface area contributed by atoms with Crippen molar-refractivity contribution in [2.75, 3.05) is 7.11 Å². The van der Waals surface area contributed by atoms with Crippen LogP contribution in [-0.2, 0) is 4.79 Å². The number of carbonyl (C=O) groups is 1. The van der Waals surface area contributed by atoms with Gasteiger partial charge in [-0.15, -0.1) is 0 Å². The molecule has 0 saturated carbocycles. The molecule has 1 rings (SSSR count). The predicted octanol–water partition coefficient (Wildman–Crippen LogP) is 1.82. The lowest BCUT2D eigenvalue weighted by molar-refractivity contribution is -0.130. The zero-order valence-corrected chi connectivity index (χ0v) is 7.61. The molecular formula is C10H11O3. The first-order valence-corrected chi connectivity index (χ1v) is 3.91. The molecule has 0 aromatic heterocycles. The Labute approximate surface area is 77.3 Å². The third-order valence-corrected chi connectivity index (χ3v) is 1.51. The highest BCUT2D eigenvalue weighted by molar-refractivity contribution is 5.80. The zero-order valence-electron chi connectivity index (χ0n) is 7.61. The van der Waals surface area contributed by atoms with Crippen LogP contribution < -0.4 is 9.47 Å². The Hall–Kier alpha value is -1.51. The Morgan fingerprint density at radius 2 is 1.77 bits per heavy atom. The Morgan fingerprint density at radius 3 is 2.23 bits per heavy atom. The monoisotopic (exact) mass is 179 g/mol. The van der Waals surface area contributed by atoms with Crippen LogP contribution in [0.5, 0.6) is 11.5 Å². The van der Waals surface area contributed by atoms with Crippen molar-refractivity contribution in [3.05, 3.63) is 30.7 Å². The Balaban J connectivity index is 2.64. The van der Waals surface area contributed by atoms with Crippen molar-refractivity contribution in [2.24, 2.45) is 0 Å². The Bertz CT molecular complexity index is 277. The number of carbonyl (C=O) groups excluding carboxylic acids is 1. The summed E-state index contributed by atoms with van der Waals surface area (Å²) in [7, 11) is 1.58. The van der Waals surface area contributed by atoms with Crippen LogP contribution >= 0.6 is 0 Å². The molecule has 0 saturated heterocycles. The normalized spacial score (nSPS) is 9.38. The number of rotatable bonds is 3. The lowest BCUT2D eigenvalue weighted by Crippen LogP contribution is -2.05. The second-order valence-electron chi connectivity index (χ2n) is 2.39. The van der Waals surface area contributed by atoms with E-state index in [2.05, 4.69) is 0 Å². The molecule has 0 heterocycles. The molecule has 1 radical (unpaired) electrons. The molecule has 13 heavy (non-hydrogen) atoms. The molecule has 0 spiro atoms. The Morgan fingerprint density at radius 1 is 1.23 bits per heavy atom. The maximum atomic E-state index is 10.8. The van der Waals surface area contributed by atoms with Crippen LogP contribution in [0.4, 0.5) is 0 Å². The SMILES string of the molecule is C[CH]C(=O)Oc1ccc(OC)cc1. The molecule has 0 aliphatic rings. The molecule has 0 aliphatic carbocycles. The minimum Gasteiger partial charge on any atom is -0.497 e. The number of hydrogen-bond acceptors (Lipinski definition) is 3. The molecule has 0 amide bonds. The van der Waals surface area contributed by atoms with Crippen molar-refractivity contribution in [1.29, 1.82) is 0 Å². The van der Waals surface area contributed by atoms with Gasteiger partial charge >= 0.3 is 5.97 Å². The summed E-state index contributed by atoms with van der Waals surface area (Å²) < 4.78 is 9.87. The van der Waals surface area contributed by atoms with Gasteiger partial charge in [0.2, 0.25) is 0 Å². The van der Waals surface area contributed by atoms with Gasteiger partial charge < -0.3 is 9.47 Å². The number of hydrogen-bond donors (Lipinski definition) is 0. The van der Waals surface area contributed by atoms with E-state index in [0.29, 0.717) is 5.75 Å². The van der Waals surface area contributed by atoms with E-state index in [4.69, 9.17) is 9.47 Å². The van der Waals surface area contributed by atoms with E-state index in [1.165, 1.54) is 6.42 Å². The van der Waals surface area contributed by atoms with E-state index in [1.54, 1.807) is 38.3 Å². The van der Waals surface area contributed by atoms with Crippen molar-refractivity contribution in [1.82, 2.24) is 0 Å². The first-order valence-electron chi connectivity index (χ1n) is 3.91. The van der Waals surface area contributed by atoms with Crippen LogP contribution in [0.25, 0.3) is 0 Å². The van der Waals surface area contributed by atoms with Gasteiger partial charge in [-0.05, 0) is 24.3 Å². The van der Waals surface area contributed by atoms with Crippen molar-refractivity contribution in [3.63, 3.8) is 0 Å². The number of methoxy groups -OCH3 is 1. The molecule has 0 unspecified atom stereocenters. The minimum atomic E-state index is -0.356. The molecule has 3 nitrogen and oxygen atoms in total. The van der Waals surface area contributed by atoms with Crippen molar-refractivity contribution >= 4 is 5.97 Å². The van der Waals surface area contributed by atoms with Crippen LogP contribution in [-0.4, -0.2) is 13.1 Å². The summed E-state index contributed by atoms with van der Waals surface area (Å²) in [5.41, 5.74) is 0. The quantitative estimate of drug-likeness (QED) is 0.524. The molecule has 1 aromatic rings. The molecular weight excluding hydrogens is 168 g/mol. The van der Waals surface area contributed by atoms with Gasteiger partial charge in [-0.25, -0.2) is 0 Å². The van der Waals surface area contributed by atoms with E-state index in [1.807, 2.05) is 0 Å². The zero-order chi connectivity index (χ0) is 9.68. The molecule has 0 atom stereocenters. The molecule has 69 valence electrons. The Kier molecular flexibility index (Phi) is 3.31. The number of esters is 1. The molecule has 1 aromatic carbocycles. The second-order valence-corrected chi connectivity index (χ2v) is 2.39. The summed E-state index contributed by atoms with van der Waals surface area (Å²) in [5.74, 6) is 0.898. The van der Waals surface area contributed by atoms with Gasteiger partial charge in [-0.2, -0.15) is 0 Å². The average Bonchev–Trinajstić information content (AvgIpc) is 2.19. The molecule has 0 fully saturated rings. The highest BCUT2D eigenvalue weighted by Gasteiger charge is 2.00. The van der Waals surface area contributed by atoms with Crippen LogP contribution in [0.2, 0.25) is 0 Å². The van der Waals surface area contributed by atoms with Crippen LogP contribution in [0, 0.1) is 6.42 Å². The molecule has 0 bridgehead atoms. The van der Waals surface area contributed by atoms with Gasteiger partial charge in [0.25, 0.3) is 0 Å². The van der Waals surface area contributed by atoms with Gasteiger partial charge in [-0.3, -0.25) is 4.79 Å². The first-order chi connectivity index (χ1) is 6.26. The fourth-order valence-corrected chi connectivity index (χ4v) is 0.819. The average molecular weight is 179 g/mol. The van der Waals surface area contributed by atoms with Crippen molar-refractivity contribution in [3.8, 4) is 11.5 Å². The van der Waals surface area contributed by atoms with Crippen molar-refractivity contribution in [2.45, 2.75) is 6.92 Å². The van der Waals surface area contributed by atoms with E-state index in [-0.39, 0.29) is 5.97 Å². The van der Waals surface area contributed by atoms with Gasteiger partial charge in [0.15, 0.2) is 0 Å². The maximum absolute atomic E-state index is 10.8. The largest absolute Gasteiger partial charge is 0.497 e. The lowest BCUT2D eigenvalue weighted by atomic mass is 10.3. The molecule has 3 heteroatoms. The standard InChI is InChI=1S/C10H11O3/c1-3-10(11)13-9-6-4-8(12-2)5-7-9/h3-7H,1-2H3. The fourth-order valence-electron chi connectivity index (χ4n) is 0.819. The van der Waals surface area contributed by atoms with E-state index >= 15 is 0 Å². The third-order valence-electron chi connectivity index (χ3n) is 1.51. The minimum absolute atomic E-state index is 0.356. The van der Waals surface area contributed by atoms with Gasteiger partial charge in [0.05, 0.1) is 13.5 Å². The maximum Gasteiger partial charge on any atom is 0.314 e. The summed E-state index contributed by atoms with van der Waals surface area (Å²) in [4.78, 5) is 10.8. The van der Waals surface area contributed by atoms with Crippen LogP contribution in [0.3, 0.4) is 0 Å². The molecule has 0 aliphatic heterocycles. The summed E-state index contributed by atoms with van der Waals surface area (Å²) in [6.07, 6.45) is 1.37. The van der Waals surface area contributed by atoms with Gasteiger partial charge in [-0.1, -0.05) is 6.92 Å². The van der Waals surface area contributed by atoms with Gasteiger partial charge in [0, 0.05) is 0 Å². The lowest BCUT2D eigenvalue weighted by Gasteiger charge is -2.03. The summed E-state index contributed by atoms with van der Waals surface area (Å²) in [5, 5.41) is 0. The van der Waals surface area contributed by atoms with E-state index < -0.39 is 0 Å². The van der Waals surface area contributed by atoms with Gasteiger partial charge in [0.1, 0.15) is 11.5 Å². The second kappa shape index (κ2) is 4.50. The van der Waals surface area contributed by atoms with E-state index in [0.717, 1.165) is 5.75 Å².